The summed E-state index contributed by atoms with van der Waals surface area (Å²) >= 11 is 0. The Morgan fingerprint density at radius 2 is 2.27 bits per heavy atom. The molecule has 15 heavy (non-hydrogen) atoms. The van der Waals surface area contributed by atoms with Crippen molar-refractivity contribution >= 4 is 5.91 Å². The summed E-state index contributed by atoms with van der Waals surface area (Å²) in [6.07, 6.45) is 3.83. The van der Waals surface area contributed by atoms with Gasteiger partial charge < -0.3 is 16.2 Å². The van der Waals surface area contributed by atoms with Crippen LogP contribution in [-0.2, 0) is 4.79 Å². The van der Waals surface area contributed by atoms with E-state index in [1.165, 1.54) is 0 Å². The highest BCUT2D eigenvalue weighted by Crippen LogP contribution is 2.26. The van der Waals surface area contributed by atoms with Gasteiger partial charge in [0.15, 0.2) is 0 Å². The number of nitrogens with two attached hydrogens (primary N) is 1. The molecule has 0 aromatic rings. The second kappa shape index (κ2) is 6.08. The summed E-state index contributed by atoms with van der Waals surface area (Å²) in [5.41, 5.74) is 5.76. The molecule has 0 aromatic carbocycles. The third kappa shape index (κ3) is 4.62. The van der Waals surface area contributed by atoms with Crippen molar-refractivity contribution in [2.75, 3.05) is 6.54 Å². The first-order chi connectivity index (χ1) is 7.11. The summed E-state index contributed by atoms with van der Waals surface area (Å²) in [5, 5.41) is 11.9. The van der Waals surface area contributed by atoms with Gasteiger partial charge in [-0.25, -0.2) is 0 Å². The quantitative estimate of drug-likeness (QED) is 0.599. The largest absolute Gasteiger partial charge is 0.393 e. The minimum Gasteiger partial charge on any atom is -0.393 e. The number of aliphatic hydroxyl groups is 1. The number of nitrogens with one attached hydrogen (secondary N) is 1. The molecule has 1 fully saturated rings. The van der Waals surface area contributed by atoms with E-state index in [-0.39, 0.29) is 18.1 Å². The van der Waals surface area contributed by atoms with E-state index in [0.29, 0.717) is 18.9 Å². The first-order valence-electron chi connectivity index (χ1n) is 5.82. The maximum absolute atomic E-state index is 11.4. The van der Waals surface area contributed by atoms with Crippen LogP contribution in [0.5, 0.6) is 0 Å². The van der Waals surface area contributed by atoms with Crippen LogP contribution >= 0.6 is 0 Å². The molecule has 4 nitrogen and oxygen atoms in total. The minimum atomic E-state index is -0.144. The Morgan fingerprint density at radius 1 is 1.60 bits per heavy atom. The Hall–Kier alpha value is -0.610. The monoisotopic (exact) mass is 214 g/mol. The lowest BCUT2D eigenvalue weighted by Crippen LogP contribution is -2.40. The van der Waals surface area contributed by atoms with E-state index in [1.54, 1.807) is 0 Å². The normalized spacial score (nSPS) is 26.9. The van der Waals surface area contributed by atoms with Crippen LogP contribution in [0.25, 0.3) is 0 Å². The lowest BCUT2D eigenvalue weighted by atomic mass is 9.82. The molecule has 0 spiro atoms. The zero-order valence-corrected chi connectivity index (χ0v) is 9.41. The molecule has 1 rings (SSSR count). The van der Waals surface area contributed by atoms with Gasteiger partial charge in [-0.15, -0.1) is 0 Å². The van der Waals surface area contributed by atoms with Crippen molar-refractivity contribution in [3.8, 4) is 0 Å². The fourth-order valence-corrected chi connectivity index (χ4v) is 1.91. The number of hydrogen-bond donors (Lipinski definition) is 3. The van der Waals surface area contributed by atoms with Crippen LogP contribution in [0.2, 0.25) is 0 Å². The fourth-order valence-electron chi connectivity index (χ4n) is 1.91. The molecule has 4 heteroatoms. The van der Waals surface area contributed by atoms with E-state index >= 15 is 0 Å². The predicted molar refractivity (Wildman–Crippen MR) is 59.2 cm³/mol. The van der Waals surface area contributed by atoms with Gasteiger partial charge in [0.2, 0.25) is 5.91 Å². The van der Waals surface area contributed by atoms with Gasteiger partial charge in [0.25, 0.3) is 0 Å². The van der Waals surface area contributed by atoms with Crippen LogP contribution in [0.1, 0.15) is 39.0 Å². The highest BCUT2D eigenvalue weighted by molar-refractivity contribution is 5.76. The van der Waals surface area contributed by atoms with E-state index in [0.717, 1.165) is 25.7 Å². The number of hydrogen-bond acceptors (Lipinski definition) is 3. The lowest BCUT2D eigenvalue weighted by molar-refractivity contribution is -0.122. The molecule has 0 aromatic heterocycles. The second-order valence-corrected chi connectivity index (χ2v) is 4.55. The Morgan fingerprint density at radius 3 is 2.80 bits per heavy atom. The average Bonchev–Trinajstić information content (AvgIpc) is 2.11. The van der Waals surface area contributed by atoms with Gasteiger partial charge >= 0.3 is 0 Å². The van der Waals surface area contributed by atoms with Gasteiger partial charge in [-0.3, -0.25) is 4.79 Å². The van der Waals surface area contributed by atoms with Crippen molar-refractivity contribution in [1.82, 2.24) is 5.32 Å². The summed E-state index contributed by atoms with van der Waals surface area (Å²) in [6.45, 7) is 2.75. The Labute approximate surface area is 91.2 Å². The van der Waals surface area contributed by atoms with Gasteiger partial charge in [-0.1, -0.05) is 13.3 Å². The molecule has 4 N–H and O–H groups in total. The summed E-state index contributed by atoms with van der Waals surface area (Å²) < 4.78 is 0. The van der Waals surface area contributed by atoms with Gasteiger partial charge in [0, 0.05) is 19.0 Å². The topological polar surface area (TPSA) is 75.4 Å². The fraction of sp³-hybridized carbons (Fsp3) is 0.909. The average molecular weight is 214 g/mol. The SMILES string of the molecule is CCCC(N)CC(=O)NCC1CC(O)C1. The van der Waals surface area contributed by atoms with Gasteiger partial charge in [0.05, 0.1) is 6.10 Å². The molecular weight excluding hydrogens is 192 g/mol. The highest BCUT2D eigenvalue weighted by atomic mass is 16.3. The van der Waals surface area contributed by atoms with E-state index in [1.807, 2.05) is 0 Å². The minimum absolute atomic E-state index is 0.0121. The number of carbonyl (C=O) groups excluding carboxylic acids is 1. The molecule has 1 aliphatic rings. The van der Waals surface area contributed by atoms with E-state index in [9.17, 15) is 4.79 Å². The molecule has 0 bridgehead atoms. The maximum Gasteiger partial charge on any atom is 0.221 e. The molecule has 88 valence electrons. The van der Waals surface area contributed by atoms with Gasteiger partial charge in [-0.2, -0.15) is 0 Å². The van der Waals surface area contributed by atoms with Crippen LogP contribution in [0.3, 0.4) is 0 Å². The van der Waals surface area contributed by atoms with Crippen LogP contribution in [-0.4, -0.2) is 29.7 Å². The Bertz CT molecular complexity index is 203. The summed E-state index contributed by atoms with van der Waals surface area (Å²) in [4.78, 5) is 11.4. The molecule has 1 unspecified atom stereocenters. The van der Waals surface area contributed by atoms with E-state index in [4.69, 9.17) is 10.8 Å². The molecule has 0 saturated heterocycles. The molecule has 1 aliphatic carbocycles. The lowest BCUT2D eigenvalue weighted by Gasteiger charge is -2.31. The molecule has 1 amide bonds. The van der Waals surface area contributed by atoms with Crippen LogP contribution in [0.15, 0.2) is 0 Å². The molecule has 1 saturated carbocycles. The Kier molecular flexibility index (Phi) is 5.05. The molecule has 0 aliphatic heterocycles. The maximum atomic E-state index is 11.4. The van der Waals surface area contributed by atoms with Crippen molar-refractivity contribution in [1.29, 1.82) is 0 Å². The smallest absolute Gasteiger partial charge is 0.221 e. The zero-order chi connectivity index (χ0) is 11.3. The summed E-state index contributed by atoms with van der Waals surface area (Å²) in [6, 6.07) is -0.0121. The predicted octanol–water partition coefficient (Wildman–Crippen LogP) is 0.391. The van der Waals surface area contributed by atoms with Crippen molar-refractivity contribution in [3.05, 3.63) is 0 Å². The standard InChI is InChI=1S/C11H22N2O2/c1-2-3-9(12)6-11(15)13-7-8-4-10(14)5-8/h8-10,14H,2-7,12H2,1H3,(H,13,15). The first kappa shape index (κ1) is 12.5. The zero-order valence-electron chi connectivity index (χ0n) is 9.41. The van der Waals surface area contributed by atoms with Crippen molar-refractivity contribution < 1.29 is 9.90 Å². The summed E-state index contributed by atoms with van der Waals surface area (Å²) in [5.74, 6) is 0.503. The van der Waals surface area contributed by atoms with Crippen LogP contribution < -0.4 is 11.1 Å². The van der Waals surface area contributed by atoms with E-state index < -0.39 is 0 Å². The third-order valence-electron chi connectivity index (χ3n) is 2.91. The van der Waals surface area contributed by atoms with Crippen LogP contribution in [0.4, 0.5) is 0 Å². The van der Waals surface area contributed by atoms with E-state index in [2.05, 4.69) is 12.2 Å². The molecule has 1 atom stereocenters. The highest BCUT2D eigenvalue weighted by Gasteiger charge is 2.27. The molecule has 0 heterocycles. The van der Waals surface area contributed by atoms with Crippen molar-refractivity contribution in [2.24, 2.45) is 11.7 Å². The number of carbonyl (C=O) groups is 1. The van der Waals surface area contributed by atoms with Crippen molar-refractivity contribution in [2.45, 2.75) is 51.2 Å². The van der Waals surface area contributed by atoms with Crippen LogP contribution in [0, 0.1) is 5.92 Å². The van der Waals surface area contributed by atoms with Gasteiger partial charge in [-0.05, 0) is 25.2 Å². The molecular formula is C11H22N2O2. The molecule has 0 radical (unpaired) electrons. The number of aliphatic hydroxyl groups excluding tert-OH is 1. The third-order valence-corrected chi connectivity index (χ3v) is 2.91. The number of amides is 1. The Balaban J connectivity index is 2.03. The van der Waals surface area contributed by atoms with Crippen molar-refractivity contribution in [3.63, 3.8) is 0 Å². The first-order valence-corrected chi connectivity index (χ1v) is 5.82. The second-order valence-electron chi connectivity index (χ2n) is 4.55. The number of rotatable bonds is 6. The summed E-state index contributed by atoms with van der Waals surface area (Å²) in [7, 11) is 0. The van der Waals surface area contributed by atoms with Gasteiger partial charge in [0.1, 0.15) is 0 Å².